The van der Waals surface area contributed by atoms with Gasteiger partial charge >= 0.3 is 16.9 Å². The number of nitro groups is 1. The number of hydrogen-bond acceptors (Lipinski definition) is 14. The van der Waals surface area contributed by atoms with Crippen LogP contribution < -0.4 is 16.4 Å². The summed E-state index contributed by atoms with van der Waals surface area (Å²) in [5.74, 6) is -6.94. The molecule has 4 N–H and O–H groups in total. The number of rotatable bonds is 18. The molecule has 4 atom stereocenters. The summed E-state index contributed by atoms with van der Waals surface area (Å²) in [7, 11) is 0. The minimum Gasteiger partial charge on any atom is -0.384 e. The SMILES string of the molecule is C/C(=N\NC(=O)c1ccc(CC(=O)CCCCCN2C(=O)C=CC2=O)cc1[N+](=O)[O-])c1ccc(C(=O)Nc2ccn([C@@H]3O[C@H](COP(=O)(O)I)C(O)C3(F)F)c(=O)n2)cc1. The number of nitrogens with zero attached hydrogens (tertiary/aromatic N) is 5. The molecule has 2 aliphatic heterocycles. The lowest BCUT2D eigenvalue weighted by Crippen LogP contribution is -2.42. The fourth-order valence-electron chi connectivity index (χ4n) is 6.01. The van der Waals surface area contributed by atoms with Gasteiger partial charge in [0, 0.05) is 49.4 Å². The number of benzene rings is 2. The summed E-state index contributed by atoms with van der Waals surface area (Å²) in [5, 5.41) is 24.1. The van der Waals surface area contributed by atoms with Crippen LogP contribution in [0.1, 0.15) is 70.7 Å². The number of imide groups is 1. The second-order valence-electron chi connectivity index (χ2n) is 13.4. The number of hydrogen-bond donors (Lipinski definition) is 4. The van der Waals surface area contributed by atoms with Crippen LogP contribution >= 0.6 is 27.3 Å². The number of ether oxygens (including phenoxy) is 1. The molecule has 3 aromatic rings. The van der Waals surface area contributed by atoms with E-state index < -0.39 is 64.3 Å². The molecule has 2 aromatic carbocycles. The normalized spacial score (nSPS) is 19.6. The van der Waals surface area contributed by atoms with Crippen molar-refractivity contribution in [3.05, 3.63) is 110 Å². The molecule has 1 saturated heterocycles. The summed E-state index contributed by atoms with van der Waals surface area (Å²) in [4.78, 5) is 99.3. The summed E-state index contributed by atoms with van der Waals surface area (Å²) >= 11 is 1.05. The number of aromatic nitrogens is 2. The molecule has 0 saturated carbocycles. The van der Waals surface area contributed by atoms with Crippen LogP contribution in [0.5, 0.6) is 0 Å². The molecule has 1 aromatic heterocycles. The standard InChI is InChI=1S/C36H35F2IN7O13P/c1-20(42-43-33(52)25-11-6-21(18-26(25)46(54)55)17-24(47)5-3-2-4-15-44-29(48)12-13-30(44)49)22-7-9-23(10-8-22)32(51)40-28-14-16-45(35(53)41-28)34-36(37,38)31(50)27(59-34)19-58-60(39,56)57/h6-14,16,18,27,31,34,50H,2-5,15,17,19H2,1H3,(H,43,52)(H,56,57)(H,40,41,51,53)/b42-20+/t27-,31?,34-/m1/s1. The highest BCUT2D eigenvalue weighted by molar-refractivity contribution is 14.2. The molecule has 2 aliphatic rings. The van der Waals surface area contributed by atoms with E-state index in [0.29, 0.717) is 35.0 Å². The lowest BCUT2D eigenvalue weighted by Gasteiger charge is -2.21. The number of amides is 4. The van der Waals surface area contributed by atoms with Gasteiger partial charge in [0.05, 0.1) is 39.3 Å². The summed E-state index contributed by atoms with van der Waals surface area (Å²) in [6.07, 6.45) is -1.68. The number of nitro benzene ring substituents is 1. The third-order valence-electron chi connectivity index (χ3n) is 9.13. The van der Waals surface area contributed by atoms with Crippen LogP contribution in [0.3, 0.4) is 0 Å². The minimum atomic E-state index is -4.12. The first-order valence-electron chi connectivity index (χ1n) is 17.8. The second-order valence-corrected chi connectivity index (χ2v) is 18.2. The zero-order valence-electron chi connectivity index (χ0n) is 31.2. The number of carbonyl (C=O) groups excluding carboxylic acids is 5. The topological polar surface area (TPSA) is 279 Å². The molecular weight excluding hydrogens is 934 g/mol. The van der Waals surface area contributed by atoms with E-state index in [4.69, 9.17) is 4.74 Å². The maximum absolute atomic E-state index is 14.8. The van der Waals surface area contributed by atoms with Gasteiger partial charge in [0.25, 0.3) is 29.3 Å². The Bertz CT molecular complexity index is 2350. The van der Waals surface area contributed by atoms with E-state index in [0.717, 1.165) is 45.3 Å². The molecule has 3 heterocycles. The molecule has 5 rings (SSSR count). The Morgan fingerprint density at radius 3 is 2.35 bits per heavy atom. The summed E-state index contributed by atoms with van der Waals surface area (Å²) < 4.78 is 51.0. The maximum Gasteiger partial charge on any atom is 0.386 e. The van der Waals surface area contributed by atoms with E-state index in [1.807, 2.05) is 0 Å². The highest BCUT2D eigenvalue weighted by Crippen LogP contribution is 2.52. The number of alkyl halides is 2. The molecule has 4 amide bonds. The Morgan fingerprint density at radius 1 is 1.05 bits per heavy atom. The predicted octanol–water partition coefficient (Wildman–Crippen LogP) is 3.60. The van der Waals surface area contributed by atoms with Gasteiger partial charge in [-0.05, 0) is 55.2 Å². The van der Waals surface area contributed by atoms with Crippen LogP contribution in [0.15, 0.2) is 76.8 Å². The number of ketones is 1. The number of carbonyl (C=O) groups is 5. The van der Waals surface area contributed by atoms with Crippen molar-refractivity contribution in [3.63, 3.8) is 0 Å². The molecule has 0 aliphatic carbocycles. The minimum absolute atomic E-state index is 0.0643. The van der Waals surface area contributed by atoms with Crippen LogP contribution in [0.25, 0.3) is 0 Å². The Labute approximate surface area is 350 Å². The van der Waals surface area contributed by atoms with Crippen molar-refractivity contribution in [3.8, 4) is 0 Å². The third-order valence-corrected chi connectivity index (χ3v) is 10.4. The van der Waals surface area contributed by atoms with Crippen molar-refractivity contribution >= 4 is 73.9 Å². The number of unbranched alkanes of at least 4 members (excludes halogenated alkanes) is 2. The first-order valence-corrected chi connectivity index (χ1v) is 22.2. The van der Waals surface area contributed by atoms with Gasteiger partial charge in [-0.3, -0.25) is 48.1 Å². The summed E-state index contributed by atoms with van der Waals surface area (Å²) in [6.45, 7) is 0.888. The number of aliphatic hydroxyl groups is 1. The smallest absolute Gasteiger partial charge is 0.384 e. The van der Waals surface area contributed by atoms with Gasteiger partial charge in [-0.15, -0.1) is 0 Å². The zero-order valence-corrected chi connectivity index (χ0v) is 34.3. The molecule has 2 unspecified atom stereocenters. The van der Waals surface area contributed by atoms with Crippen LogP contribution in [-0.4, -0.2) is 95.8 Å². The second kappa shape index (κ2) is 19.3. The van der Waals surface area contributed by atoms with Gasteiger partial charge in [0.15, 0.2) is 6.10 Å². The van der Waals surface area contributed by atoms with Crippen molar-refractivity contribution in [2.24, 2.45) is 5.10 Å². The number of halogens is 3. The highest BCUT2D eigenvalue weighted by Gasteiger charge is 2.60. The number of hydrazone groups is 1. The zero-order chi connectivity index (χ0) is 43.9. The number of Topliss-reactive ketones (excluding diaryl/α,β-unsaturated/α-hetero) is 1. The lowest BCUT2D eigenvalue weighted by atomic mass is 10.0. The first-order chi connectivity index (χ1) is 28.2. The van der Waals surface area contributed by atoms with Gasteiger partial charge in [0.1, 0.15) is 23.3 Å². The Hall–Kier alpha value is -5.46. The van der Waals surface area contributed by atoms with Gasteiger partial charge in [-0.2, -0.15) is 18.9 Å². The number of aliphatic hydroxyl groups excluding tert-OH is 1. The van der Waals surface area contributed by atoms with Crippen molar-refractivity contribution in [1.82, 2.24) is 19.9 Å². The Kier molecular flexibility index (Phi) is 14.7. The molecule has 0 bridgehead atoms. The third kappa shape index (κ3) is 11.4. The summed E-state index contributed by atoms with van der Waals surface area (Å²) in [6, 6.07) is 10.5. The van der Waals surface area contributed by atoms with Crippen LogP contribution in [0.4, 0.5) is 20.3 Å². The largest absolute Gasteiger partial charge is 0.386 e. The molecule has 318 valence electrons. The van der Waals surface area contributed by atoms with E-state index in [9.17, 15) is 62.2 Å². The van der Waals surface area contributed by atoms with E-state index in [1.54, 1.807) is 0 Å². The molecular formula is C36H35F2IN7O13P. The van der Waals surface area contributed by atoms with Gasteiger partial charge in [-0.1, -0.05) is 24.6 Å². The van der Waals surface area contributed by atoms with Crippen molar-refractivity contribution in [2.75, 3.05) is 18.5 Å². The summed E-state index contributed by atoms with van der Waals surface area (Å²) in [5.41, 5.74) is 1.18. The number of anilines is 1. The van der Waals surface area contributed by atoms with Crippen LogP contribution in [0, 0.1) is 10.1 Å². The molecule has 0 spiro atoms. The predicted molar refractivity (Wildman–Crippen MR) is 213 cm³/mol. The molecule has 24 heteroatoms. The fraction of sp³-hybridized carbons (Fsp3) is 0.333. The molecule has 0 radical (unpaired) electrons. The van der Waals surface area contributed by atoms with Crippen molar-refractivity contribution < 1.29 is 61.5 Å². The monoisotopic (exact) mass is 969 g/mol. The first kappa shape index (κ1) is 45.6. The van der Waals surface area contributed by atoms with Crippen molar-refractivity contribution in [2.45, 2.75) is 63.4 Å². The van der Waals surface area contributed by atoms with Gasteiger partial charge in [0.2, 0.25) is 6.23 Å². The van der Waals surface area contributed by atoms with Gasteiger partial charge in [-0.25, -0.2) is 14.8 Å². The van der Waals surface area contributed by atoms with E-state index in [2.05, 4.69) is 25.4 Å². The molecule has 60 heavy (non-hydrogen) atoms. The molecule has 20 nitrogen and oxygen atoms in total. The van der Waals surface area contributed by atoms with Crippen LogP contribution in [0.2, 0.25) is 0 Å². The van der Waals surface area contributed by atoms with Crippen molar-refractivity contribution in [1.29, 1.82) is 0 Å². The van der Waals surface area contributed by atoms with Gasteiger partial charge < -0.3 is 20.1 Å². The van der Waals surface area contributed by atoms with Crippen LogP contribution in [-0.2, 0) is 34.6 Å². The fourth-order valence-corrected chi connectivity index (χ4v) is 6.82. The Balaban J connectivity index is 1.13. The average Bonchev–Trinajstić information content (AvgIpc) is 3.63. The van der Waals surface area contributed by atoms with E-state index in [-0.39, 0.29) is 59.6 Å². The quantitative estimate of drug-likeness (QED) is 0.0270. The maximum atomic E-state index is 14.8. The lowest BCUT2D eigenvalue weighted by molar-refractivity contribution is -0.385. The Morgan fingerprint density at radius 2 is 1.72 bits per heavy atom. The highest BCUT2D eigenvalue weighted by atomic mass is 127. The molecule has 1 fully saturated rings. The number of nitrogens with one attached hydrogen (secondary N) is 2. The van der Waals surface area contributed by atoms with E-state index >= 15 is 0 Å². The van der Waals surface area contributed by atoms with E-state index in [1.165, 1.54) is 55.5 Å². The average molecular weight is 970 g/mol.